The number of hydrogen-bond acceptors (Lipinski definition) is 6. The Hall–Kier alpha value is -1.56. The summed E-state index contributed by atoms with van der Waals surface area (Å²) in [4.78, 5) is 34.1. The van der Waals surface area contributed by atoms with E-state index in [0.29, 0.717) is 0 Å². The Bertz CT molecular complexity index is 363. The number of carbonyl (C=O) groups is 3. The molecule has 0 bridgehead atoms. The van der Waals surface area contributed by atoms with E-state index in [1.54, 1.807) is 13.8 Å². The summed E-state index contributed by atoms with van der Waals surface area (Å²) in [5, 5.41) is 9.54. The van der Waals surface area contributed by atoms with Gasteiger partial charge in [-0.2, -0.15) is 0 Å². The second-order valence-corrected chi connectivity index (χ2v) is 3.76. The molecule has 1 atom stereocenters. The van der Waals surface area contributed by atoms with Crippen LogP contribution >= 0.6 is 11.6 Å². The number of alkyl halides is 1. The summed E-state index contributed by atoms with van der Waals surface area (Å²) >= 11 is 5.38. The Labute approximate surface area is 116 Å². The van der Waals surface area contributed by atoms with Gasteiger partial charge in [-0.1, -0.05) is 0 Å². The summed E-state index contributed by atoms with van der Waals surface area (Å²) in [7, 11) is 0. The van der Waals surface area contributed by atoms with Crippen molar-refractivity contribution in [3.05, 3.63) is 11.8 Å². The van der Waals surface area contributed by atoms with Crippen LogP contribution < -0.4 is 0 Å². The monoisotopic (exact) mass is 292 g/mol. The van der Waals surface area contributed by atoms with Gasteiger partial charge in [0.05, 0.1) is 25.2 Å². The lowest BCUT2D eigenvalue weighted by atomic mass is 10.00. The van der Waals surface area contributed by atoms with Crippen LogP contribution in [0.15, 0.2) is 11.8 Å². The number of aliphatic hydroxyl groups excluding tert-OH is 1. The van der Waals surface area contributed by atoms with Crippen LogP contribution in [0.4, 0.5) is 0 Å². The van der Waals surface area contributed by atoms with Crippen LogP contribution in [0.3, 0.4) is 0 Å². The average Bonchev–Trinajstić information content (AvgIpc) is 2.35. The first-order valence-corrected chi connectivity index (χ1v) is 6.31. The number of ketones is 1. The van der Waals surface area contributed by atoms with E-state index in [1.807, 2.05) is 0 Å². The standard InChI is InChI=1S/C12H17ClO6/c1-3-18-11(16)6-8(14)5-9(10(15)7-13)12(17)19-4-2/h6,9,14H,3-5,7H2,1-2H3/b8-6-. The number of ether oxygens (including phenoxy) is 2. The van der Waals surface area contributed by atoms with Gasteiger partial charge < -0.3 is 14.6 Å². The quantitative estimate of drug-likeness (QED) is 0.239. The highest BCUT2D eigenvalue weighted by Crippen LogP contribution is 2.14. The highest BCUT2D eigenvalue weighted by Gasteiger charge is 2.28. The van der Waals surface area contributed by atoms with E-state index in [1.165, 1.54) is 0 Å². The van der Waals surface area contributed by atoms with Crippen molar-refractivity contribution in [1.29, 1.82) is 0 Å². The van der Waals surface area contributed by atoms with Gasteiger partial charge in [-0.25, -0.2) is 4.79 Å². The van der Waals surface area contributed by atoms with E-state index >= 15 is 0 Å². The third-order valence-corrected chi connectivity index (χ3v) is 2.34. The van der Waals surface area contributed by atoms with Crippen molar-refractivity contribution in [2.75, 3.05) is 19.1 Å². The fourth-order valence-electron chi connectivity index (χ4n) is 1.25. The number of esters is 2. The number of halogens is 1. The summed E-state index contributed by atoms with van der Waals surface area (Å²) in [6, 6.07) is 0. The maximum Gasteiger partial charge on any atom is 0.334 e. The summed E-state index contributed by atoms with van der Waals surface area (Å²) in [5.74, 6) is -4.14. The van der Waals surface area contributed by atoms with Crippen molar-refractivity contribution in [3.8, 4) is 0 Å². The van der Waals surface area contributed by atoms with Gasteiger partial charge in [0, 0.05) is 6.42 Å². The predicted octanol–water partition coefficient (Wildman–Crippen LogP) is 1.37. The summed E-state index contributed by atoms with van der Waals surface area (Å²) in [6.45, 7) is 3.47. The Kier molecular flexibility index (Phi) is 8.61. The van der Waals surface area contributed by atoms with E-state index < -0.39 is 29.4 Å². The van der Waals surface area contributed by atoms with Crippen LogP contribution in [0.5, 0.6) is 0 Å². The lowest BCUT2D eigenvalue weighted by Gasteiger charge is -2.12. The van der Waals surface area contributed by atoms with Gasteiger partial charge in [-0.3, -0.25) is 9.59 Å². The van der Waals surface area contributed by atoms with Crippen LogP contribution in [-0.2, 0) is 23.9 Å². The molecule has 0 rings (SSSR count). The van der Waals surface area contributed by atoms with Crippen LogP contribution in [0, 0.1) is 5.92 Å². The third kappa shape index (κ3) is 6.81. The minimum absolute atomic E-state index is 0.104. The zero-order valence-electron chi connectivity index (χ0n) is 10.8. The number of carbonyl (C=O) groups excluding carboxylic acids is 3. The van der Waals surface area contributed by atoms with E-state index in [0.717, 1.165) is 6.08 Å². The first-order valence-electron chi connectivity index (χ1n) is 5.77. The molecule has 6 nitrogen and oxygen atoms in total. The molecule has 0 aromatic carbocycles. The molecule has 0 aromatic heterocycles. The zero-order valence-corrected chi connectivity index (χ0v) is 11.6. The minimum Gasteiger partial charge on any atom is -0.512 e. The Morgan fingerprint density at radius 2 is 1.79 bits per heavy atom. The van der Waals surface area contributed by atoms with Crippen molar-refractivity contribution >= 4 is 29.3 Å². The molecule has 1 N–H and O–H groups in total. The fraction of sp³-hybridized carbons (Fsp3) is 0.583. The molecule has 108 valence electrons. The van der Waals surface area contributed by atoms with Crippen LogP contribution in [0.25, 0.3) is 0 Å². The molecule has 0 aromatic rings. The topological polar surface area (TPSA) is 89.9 Å². The molecule has 0 saturated carbocycles. The van der Waals surface area contributed by atoms with Crippen molar-refractivity contribution in [1.82, 2.24) is 0 Å². The van der Waals surface area contributed by atoms with E-state index in [-0.39, 0.29) is 25.5 Å². The van der Waals surface area contributed by atoms with E-state index in [9.17, 15) is 19.5 Å². The van der Waals surface area contributed by atoms with Crippen LogP contribution in [0.1, 0.15) is 20.3 Å². The number of aliphatic hydroxyl groups is 1. The van der Waals surface area contributed by atoms with Gasteiger partial charge in [0.1, 0.15) is 11.7 Å². The molecule has 0 aliphatic carbocycles. The lowest BCUT2D eigenvalue weighted by Crippen LogP contribution is -2.28. The van der Waals surface area contributed by atoms with Crippen molar-refractivity contribution in [2.45, 2.75) is 20.3 Å². The minimum atomic E-state index is -1.22. The lowest BCUT2D eigenvalue weighted by molar-refractivity contribution is -0.151. The van der Waals surface area contributed by atoms with Gasteiger partial charge in [0.25, 0.3) is 0 Å². The number of Topliss-reactive ketones (excluding diaryl/α,β-unsaturated/α-hetero) is 1. The Morgan fingerprint density at radius 1 is 1.21 bits per heavy atom. The molecule has 0 aliphatic heterocycles. The van der Waals surface area contributed by atoms with Gasteiger partial charge in [-0.15, -0.1) is 11.6 Å². The molecule has 0 spiro atoms. The van der Waals surface area contributed by atoms with E-state index in [4.69, 9.17) is 16.3 Å². The highest BCUT2D eigenvalue weighted by molar-refractivity contribution is 6.29. The molecule has 0 fully saturated rings. The third-order valence-electron chi connectivity index (χ3n) is 2.08. The Morgan fingerprint density at radius 3 is 2.26 bits per heavy atom. The molecule has 0 heterocycles. The molecule has 1 unspecified atom stereocenters. The first kappa shape index (κ1) is 17.4. The number of allylic oxidation sites excluding steroid dienone is 1. The second kappa shape index (κ2) is 9.38. The number of hydrogen-bond donors (Lipinski definition) is 1. The van der Waals surface area contributed by atoms with Crippen molar-refractivity contribution in [2.24, 2.45) is 5.92 Å². The maximum absolute atomic E-state index is 11.5. The van der Waals surface area contributed by atoms with Crippen LogP contribution in [-0.4, -0.2) is 41.9 Å². The van der Waals surface area contributed by atoms with E-state index in [2.05, 4.69) is 4.74 Å². The average molecular weight is 293 g/mol. The van der Waals surface area contributed by atoms with Gasteiger partial charge in [-0.05, 0) is 13.8 Å². The summed E-state index contributed by atoms with van der Waals surface area (Å²) in [5.41, 5.74) is 0. The molecular weight excluding hydrogens is 276 g/mol. The van der Waals surface area contributed by atoms with Crippen molar-refractivity contribution in [3.63, 3.8) is 0 Å². The molecule has 0 saturated heterocycles. The Balaban J connectivity index is 4.77. The fourth-order valence-corrected chi connectivity index (χ4v) is 1.44. The predicted molar refractivity (Wildman–Crippen MR) is 67.8 cm³/mol. The maximum atomic E-state index is 11.5. The molecule has 19 heavy (non-hydrogen) atoms. The van der Waals surface area contributed by atoms with Gasteiger partial charge in [0.15, 0.2) is 5.78 Å². The summed E-state index contributed by atoms with van der Waals surface area (Å²) < 4.78 is 9.29. The highest BCUT2D eigenvalue weighted by atomic mass is 35.5. The first-order chi connectivity index (χ1) is 8.96. The van der Waals surface area contributed by atoms with Crippen LogP contribution in [0.2, 0.25) is 0 Å². The molecular formula is C12H17ClO6. The SMILES string of the molecule is CCOC(=O)/C=C(\O)CC(C(=O)CCl)C(=O)OCC. The second-order valence-electron chi connectivity index (χ2n) is 3.50. The molecule has 0 amide bonds. The van der Waals surface area contributed by atoms with Gasteiger partial charge >= 0.3 is 11.9 Å². The number of rotatable bonds is 8. The normalized spacial score (nSPS) is 12.7. The summed E-state index contributed by atoms with van der Waals surface area (Å²) in [6.07, 6.45) is 0.473. The molecule has 0 aliphatic rings. The smallest absolute Gasteiger partial charge is 0.334 e. The molecule has 0 radical (unpaired) electrons. The van der Waals surface area contributed by atoms with Gasteiger partial charge in [0.2, 0.25) is 0 Å². The molecule has 7 heteroatoms. The largest absolute Gasteiger partial charge is 0.512 e. The van der Waals surface area contributed by atoms with Crippen molar-refractivity contribution < 1.29 is 29.0 Å². The zero-order chi connectivity index (χ0) is 14.8.